The van der Waals surface area contributed by atoms with Crippen molar-refractivity contribution in [2.45, 2.75) is 31.3 Å². The van der Waals surface area contributed by atoms with Crippen molar-refractivity contribution < 1.29 is 19.4 Å². The minimum Gasteiger partial charge on any atom is -0.478 e. The average molecular weight is 332 g/mol. The highest BCUT2D eigenvalue weighted by molar-refractivity contribution is 6.38. The van der Waals surface area contributed by atoms with Gasteiger partial charge in [-0.2, -0.15) is 0 Å². The van der Waals surface area contributed by atoms with Gasteiger partial charge >= 0.3 is 5.97 Å². The lowest BCUT2D eigenvalue weighted by Crippen LogP contribution is -2.42. The fraction of sp³-hybridized carbons (Fsp3) is 0.429. The molecule has 1 aromatic carbocycles. The Morgan fingerprint density at radius 1 is 1.33 bits per heavy atom. The first-order valence-electron chi connectivity index (χ1n) is 6.45. The lowest BCUT2D eigenvalue weighted by molar-refractivity contribution is -0.129. The number of benzene rings is 1. The van der Waals surface area contributed by atoms with Crippen molar-refractivity contribution in [3.05, 3.63) is 27.7 Å². The standard InChI is InChI=1S/C14H15Cl2NO4/c1-21-14(5-2-6-14)7-10(18)17-12-9(16)4-3-8(15)11(12)13(19)20/h3-4H,2,5-7H2,1H3,(H,17,18)(H,19,20). The number of rotatable bonds is 5. The van der Waals surface area contributed by atoms with Gasteiger partial charge in [-0.05, 0) is 31.4 Å². The Labute approximate surface area is 132 Å². The van der Waals surface area contributed by atoms with Crippen LogP contribution in [-0.4, -0.2) is 29.7 Å². The van der Waals surface area contributed by atoms with Crippen LogP contribution in [0, 0.1) is 0 Å². The molecule has 1 aliphatic rings. The highest BCUT2D eigenvalue weighted by Crippen LogP contribution is 2.39. The van der Waals surface area contributed by atoms with Crippen LogP contribution in [0.5, 0.6) is 0 Å². The van der Waals surface area contributed by atoms with Gasteiger partial charge in [0.15, 0.2) is 0 Å². The summed E-state index contributed by atoms with van der Waals surface area (Å²) in [4.78, 5) is 23.4. The number of carbonyl (C=O) groups excluding carboxylic acids is 1. The highest BCUT2D eigenvalue weighted by Gasteiger charge is 2.39. The number of carboxylic acids is 1. The van der Waals surface area contributed by atoms with E-state index in [9.17, 15) is 14.7 Å². The molecule has 0 bridgehead atoms. The maximum Gasteiger partial charge on any atom is 0.339 e. The SMILES string of the molecule is COC1(CC(=O)Nc2c(Cl)ccc(Cl)c2C(=O)O)CCC1. The molecular formula is C14H15Cl2NO4. The second kappa shape index (κ2) is 6.22. The van der Waals surface area contributed by atoms with E-state index < -0.39 is 11.6 Å². The molecule has 0 atom stereocenters. The van der Waals surface area contributed by atoms with Crippen molar-refractivity contribution in [3.63, 3.8) is 0 Å². The summed E-state index contributed by atoms with van der Waals surface area (Å²) in [6.07, 6.45) is 2.79. The Hall–Kier alpha value is -1.30. The van der Waals surface area contributed by atoms with Gasteiger partial charge in [-0.25, -0.2) is 4.79 Å². The molecule has 5 nitrogen and oxygen atoms in total. The molecule has 0 unspecified atom stereocenters. The number of anilines is 1. The van der Waals surface area contributed by atoms with Crippen LogP contribution in [0.4, 0.5) is 5.69 Å². The molecule has 2 rings (SSSR count). The minimum absolute atomic E-state index is 0.0206. The number of hydrogen-bond acceptors (Lipinski definition) is 3. The Morgan fingerprint density at radius 2 is 1.95 bits per heavy atom. The Balaban J connectivity index is 2.21. The zero-order chi connectivity index (χ0) is 15.6. The second-order valence-electron chi connectivity index (χ2n) is 5.05. The number of carboxylic acid groups (broad SMARTS) is 1. The van der Waals surface area contributed by atoms with E-state index in [0.29, 0.717) is 0 Å². The van der Waals surface area contributed by atoms with Crippen molar-refractivity contribution in [2.75, 3.05) is 12.4 Å². The predicted molar refractivity (Wildman–Crippen MR) is 80.3 cm³/mol. The van der Waals surface area contributed by atoms with Gasteiger partial charge in [-0.15, -0.1) is 0 Å². The third-order valence-corrected chi connectivity index (χ3v) is 4.39. The summed E-state index contributed by atoms with van der Waals surface area (Å²) in [5.74, 6) is -1.59. The molecular weight excluding hydrogens is 317 g/mol. The molecule has 0 saturated heterocycles. The fourth-order valence-electron chi connectivity index (χ4n) is 2.38. The summed E-state index contributed by atoms with van der Waals surface area (Å²) in [5, 5.41) is 11.9. The van der Waals surface area contributed by atoms with E-state index in [1.165, 1.54) is 12.1 Å². The third-order valence-electron chi connectivity index (χ3n) is 3.76. The second-order valence-corrected chi connectivity index (χ2v) is 5.86. The van der Waals surface area contributed by atoms with Gasteiger partial charge in [0.2, 0.25) is 5.91 Å². The maximum absolute atomic E-state index is 12.1. The van der Waals surface area contributed by atoms with Crippen LogP contribution in [0.3, 0.4) is 0 Å². The van der Waals surface area contributed by atoms with Gasteiger partial charge in [-0.1, -0.05) is 23.2 Å². The van der Waals surface area contributed by atoms with Gasteiger partial charge in [0.1, 0.15) is 5.56 Å². The number of nitrogens with one attached hydrogen (secondary N) is 1. The molecule has 0 aromatic heterocycles. The van der Waals surface area contributed by atoms with Crippen molar-refractivity contribution in [1.82, 2.24) is 0 Å². The van der Waals surface area contributed by atoms with Crippen LogP contribution >= 0.6 is 23.2 Å². The number of halogens is 2. The number of carbonyl (C=O) groups is 2. The van der Waals surface area contributed by atoms with Crippen molar-refractivity contribution >= 4 is 40.8 Å². The smallest absolute Gasteiger partial charge is 0.339 e. The van der Waals surface area contributed by atoms with Gasteiger partial charge in [0.25, 0.3) is 0 Å². The van der Waals surface area contributed by atoms with Gasteiger partial charge in [-0.3, -0.25) is 4.79 Å². The summed E-state index contributed by atoms with van der Waals surface area (Å²) in [5.41, 5.74) is -0.636. The number of methoxy groups -OCH3 is 1. The first kappa shape index (κ1) is 16.1. The molecule has 114 valence electrons. The largest absolute Gasteiger partial charge is 0.478 e. The molecule has 1 amide bonds. The van der Waals surface area contributed by atoms with Crippen molar-refractivity contribution in [1.29, 1.82) is 0 Å². The Kier molecular flexibility index (Phi) is 4.76. The summed E-state index contributed by atoms with van der Waals surface area (Å²) in [6.45, 7) is 0. The average Bonchev–Trinajstić information content (AvgIpc) is 2.38. The molecule has 0 aliphatic heterocycles. The molecule has 1 aromatic rings. The molecule has 1 aliphatic carbocycles. The summed E-state index contributed by atoms with van der Waals surface area (Å²) in [7, 11) is 1.57. The lowest BCUT2D eigenvalue weighted by Gasteiger charge is -2.39. The summed E-state index contributed by atoms with van der Waals surface area (Å²) in [6, 6.07) is 2.83. The first-order valence-corrected chi connectivity index (χ1v) is 7.20. The molecule has 2 N–H and O–H groups in total. The summed E-state index contributed by atoms with van der Waals surface area (Å²) < 4.78 is 5.38. The van der Waals surface area contributed by atoms with E-state index in [0.717, 1.165) is 19.3 Å². The van der Waals surface area contributed by atoms with Crippen LogP contribution in [0.2, 0.25) is 10.0 Å². The van der Waals surface area contributed by atoms with E-state index >= 15 is 0 Å². The van der Waals surface area contributed by atoms with Gasteiger partial charge in [0.05, 0.1) is 27.8 Å². The zero-order valence-corrected chi connectivity index (χ0v) is 12.9. The molecule has 0 spiro atoms. The molecule has 0 radical (unpaired) electrons. The van der Waals surface area contributed by atoms with Crippen molar-refractivity contribution in [2.24, 2.45) is 0 Å². The molecule has 1 saturated carbocycles. The number of hydrogen-bond donors (Lipinski definition) is 2. The molecule has 7 heteroatoms. The van der Waals surface area contributed by atoms with Gasteiger partial charge in [0, 0.05) is 7.11 Å². The van der Waals surface area contributed by atoms with Crippen LogP contribution in [0.1, 0.15) is 36.0 Å². The Morgan fingerprint density at radius 3 is 2.43 bits per heavy atom. The quantitative estimate of drug-likeness (QED) is 0.864. The topological polar surface area (TPSA) is 75.6 Å². The van der Waals surface area contributed by atoms with Crippen LogP contribution in [0.15, 0.2) is 12.1 Å². The molecule has 1 fully saturated rings. The first-order chi connectivity index (χ1) is 9.88. The summed E-state index contributed by atoms with van der Waals surface area (Å²) >= 11 is 11.8. The normalized spacial score (nSPS) is 16.1. The lowest BCUT2D eigenvalue weighted by atomic mass is 9.77. The monoisotopic (exact) mass is 331 g/mol. The van der Waals surface area contributed by atoms with Crippen molar-refractivity contribution in [3.8, 4) is 0 Å². The van der Waals surface area contributed by atoms with Crippen LogP contribution in [-0.2, 0) is 9.53 Å². The van der Waals surface area contributed by atoms with E-state index in [1.54, 1.807) is 7.11 Å². The van der Waals surface area contributed by atoms with E-state index in [2.05, 4.69) is 5.32 Å². The molecule has 21 heavy (non-hydrogen) atoms. The Bertz CT molecular complexity index is 579. The van der Waals surface area contributed by atoms with Crippen LogP contribution in [0.25, 0.3) is 0 Å². The number of ether oxygens (including phenoxy) is 1. The zero-order valence-electron chi connectivity index (χ0n) is 11.4. The third kappa shape index (κ3) is 3.31. The maximum atomic E-state index is 12.1. The van der Waals surface area contributed by atoms with E-state index in [4.69, 9.17) is 27.9 Å². The number of amides is 1. The predicted octanol–water partition coefficient (Wildman–Crippen LogP) is 3.59. The molecule has 0 heterocycles. The highest BCUT2D eigenvalue weighted by atomic mass is 35.5. The minimum atomic E-state index is -1.25. The van der Waals surface area contributed by atoms with Gasteiger partial charge < -0.3 is 15.2 Å². The number of aromatic carboxylic acids is 1. The van der Waals surface area contributed by atoms with Crippen LogP contribution < -0.4 is 5.32 Å². The fourth-order valence-corrected chi connectivity index (χ4v) is 2.83. The van der Waals surface area contributed by atoms with E-state index in [-0.39, 0.29) is 33.6 Å². The van der Waals surface area contributed by atoms with E-state index in [1.807, 2.05) is 0 Å².